The normalized spacial score (nSPS) is 27.8. The summed E-state index contributed by atoms with van der Waals surface area (Å²) in [5, 5.41) is 10.7. The van der Waals surface area contributed by atoms with Crippen LogP contribution in [0.5, 0.6) is 0 Å². The lowest BCUT2D eigenvalue weighted by atomic mass is 9.73. The molecule has 3 N–H and O–H groups in total. The van der Waals surface area contributed by atoms with Crippen LogP contribution < -0.4 is 5.73 Å². The number of nitrogen functional groups attached to an aromatic ring is 1. The Hall–Kier alpha value is -1.13. The molecule has 104 valence electrons. The molecule has 0 saturated heterocycles. The molecule has 0 radical (unpaired) electrons. The summed E-state index contributed by atoms with van der Waals surface area (Å²) in [5.74, 6) is 0.536. The van der Waals surface area contributed by atoms with Crippen molar-refractivity contribution in [2.75, 3.05) is 5.73 Å². The van der Waals surface area contributed by atoms with Crippen LogP contribution in [-0.2, 0) is 0 Å². The second-order valence-corrected chi connectivity index (χ2v) is 5.49. The fourth-order valence-electron chi connectivity index (χ4n) is 2.69. The topological polar surface area (TPSA) is 72.0 Å². The number of nitrogens with two attached hydrogens (primary N) is 1. The van der Waals surface area contributed by atoms with E-state index >= 15 is 0 Å². The number of nitrogens with zero attached hydrogens (tertiary/aromatic N) is 2. The van der Waals surface area contributed by atoms with Gasteiger partial charge in [-0.2, -0.15) is 0 Å². The average molecular weight is 282 g/mol. The zero-order valence-electron chi connectivity index (χ0n) is 11.1. The number of anilines is 1. The second kappa shape index (κ2) is 5.88. The number of aromatic nitrogens is 2. The first kappa shape index (κ1) is 14.3. The van der Waals surface area contributed by atoms with Crippen molar-refractivity contribution in [1.82, 2.24) is 9.97 Å². The van der Waals surface area contributed by atoms with Gasteiger partial charge < -0.3 is 10.8 Å². The molecule has 2 rings (SSSR count). The maximum absolute atomic E-state index is 10.6. The Morgan fingerprint density at radius 2 is 2.37 bits per heavy atom. The van der Waals surface area contributed by atoms with Crippen LogP contribution in [0, 0.1) is 5.92 Å². The molecule has 1 saturated carbocycles. The number of aliphatic hydroxyl groups is 1. The lowest BCUT2D eigenvalue weighted by Crippen LogP contribution is -2.38. The van der Waals surface area contributed by atoms with Crippen LogP contribution in [0.1, 0.15) is 44.6 Å². The van der Waals surface area contributed by atoms with E-state index in [-0.39, 0.29) is 11.2 Å². The zero-order valence-corrected chi connectivity index (χ0v) is 11.9. The molecule has 2 unspecified atom stereocenters. The lowest BCUT2D eigenvalue weighted by molar-refractivity contribution is -0.0325. The monoisotopic (exact) mass is 281 g/mol. The third-order valence-corrected chi connectivity index (χ3v) is 4.19. The molecule has 0 bridgehead atoms. The van der Waals surface area contributed by atoms with Crippen molar-refractivity contribution in [1.29, 1.82) is 0 Å². The maximum atomic E-state index is 10.6. The van der Waals surface area contributed by atoms with Crippen LogP contribution in [0.3, 0.4) is 0 Å². The molecule has 0 amide bonds. The molecule has 2 atom stereocenters. The van der Waals surface area contributed by atoms with Crippen molar-refractivity contribution in [3.8, 4) is 0 Å². The van der Waals surface area contributed by atoms with Crippen molar-refractivity contribution in [3.05, 3.63) is 23.1 Å². The van der Waals surface area contributed by atoms with Crippen LogP contribution in [0.4, 0.5) is 5.82 Å². The molecule has 1 heterocycles. The van der Waals surface area contributed by atoms with Gasteiger partial charge in [0.2, 0.25) is 5.28 Å². The van der Waals surface area contributed by atoms with Crippen molar-refractivity contribution < 1.29 is 5.11 Å². The van der Waals surface area contributed by atoms with E-state index in [0.29, 0.717) is 5.82 Å². The van der Waals surface area contributed by atoms with Gasteiger partial charge in [-0.15, -0.1) is 0 Å². The Morgan fingerprint density at radius 3 is 3.05 bits per heavy atom. The molecular formula is C14H20ClN3O. The number of rotatable bonds is 3. The van der Waals surface area contributed by atoms with E-state index in [4.69, 9.17) is 17.3 Å². The highest BCUT2D eigenvalue weighted by atomic mass is 35.5. The van der Waals surface area contributed by atoms with E-state index in [2.05, 4.69) is 9.97 Å². The fraction of sp³-hybridized carbons (Fsp3) is 0.571. The summed E-state index contributed by atoms with van der Waals surface area (Å²) in [4.78, 5) is 7.83. The molecule has 4 nitrogen and oxygen atoms in total. The summed E-state index contributed by atoms with van der Waals surface area (Å²) >= 11 is 5.67. The van der Waals surface area contributed by atoms with Gasteiger partial charge in [0.1, 0.15) is 5.82 Å². The minimum Gasteiger partial charge on any atom is -0.389 e. The van der Waals surface area contributed by atoms with E-state index in [0.717, 1.165) is 37.7 Å². The van der Waals surface area contributed by atoms with Crippen molar-refractivity contribution in [2.24, 2.45) is 5.92 Å². The predicted molar refractivity (Wildman–Crippen MR) is 77.7 cm³/mol. The summed E-state index contributed by atoms with van der Waals surface area (Å²) in [5.41, 5.74) is 5.95. The number of halogens is 1. The highest BCUT2D eigenvalue weighted by Crippen LogP contribution is 2.37. The summed E-state index contributed by atoms with van der Waals surface area (Å²) in [7, 11) is 0. The Balaban J connectivity index is 2.16. The van der Waals surface area contributed by atoms with Gasteiger partial charge >= 0.3 is 0 Å². The highest BCUT2D eigenvalue weighted by Gasteiger charge is 2.35. The number of hydrogen-bond donors (Lipinski definition) is 2. The summed E-state index contributed by atoms with van der Waals surface area (Å²) in [6, 6.07) is 0. The van der Waals surface area contributed by atoms with Gasteiger partial charge in [0.25, 0.3) is 0 Å². The van der Waals surface area contributed by atoms with Crippen LogP contribution in [0.25, 0.3) is 6.08 Å². The van der Waals surface area contributed by atoms with Gasteiger partial charge in [-0.25, -0.2) is 9.97 Å². The van der Waals surface area contributed by atoms with Gasteiger partial charge in [0.15, 0.2) is 0 Å². The Morgan fingerprint density at radius 1 is 1.58 bits per heavy atom. The molecule has 0 aliphatic heterocycles. The molecule has 1 aromatic rings. The first-order valence-corrected chi connectivity index (χ1v) is 7.11. The highest BCUT2D eigenvalue weighted by molar-refractivity contribution is 6.28. The van der Waals surface area contributed by atoms with E-state index in [1.165, 1.54) is 0 Å². The third-order valence-electron chi connectivity index (χ3n) is 4.00. The quantitative estimate of drug-likeness (QED) is 0.835. The van der Waals surface area contributed by atoms with Crippen molar-refractivity contribution in [3.63, 3.8) is 0 Å². The average Bonchev–Trinajstić information content (AvgIpc) is 2.39. The van der Waals surface area contributed by atoms with Gasteiger partial charge in [0, 0.05) is 17.7 Å². The van der Waals surface area contributed by atoms with Gasteiger partial charge in [-0.05, 0) is 30.9 Å². The standard InChI is InChI=1S/C14H20ClN3O/c1-2-14(19)8-4-3-5-11(14)7-6-10-9-17-13(15)18-12(10)16/h6-7,9,11,19H,2-5,8H2,1H3,(H2,16,17,18). The molecule has 1 aliphatic rings. The third kappa shape index (κ3) is 3.25. The van der Waals surface area contributed by atoms with Crippen LogP contribution >= 0.6 is 11.6 Å². The van der Waals surface area contributed by atoms with Gasteiger partial charge in [0.05, 0.1) is 5.60 Å². The van der Waals surface area contributed by atoms with E-state index in [1.807, 2.05) is 19.1 Å². The molecule has 19 heavy (non-hydrogen) atoms. The largest absolute Gasteiger partial charge is 0.389 e. The minimum absolute atomic E-state index is 0.150. The minimum atomic E-state index is -0.587. The predicted octanol–water partition coefficient (Wildman–Crippen LogP) is 3.06. The SMILES string of the molecule is CCC1(O)CCCCC1C=Cc1cnc(Cl)nc1N. The Kier molecular flexibility index (Phi) is 4.42. The zero-order chi connectivity index (χ0) is 13.9. The number of hydrogen-bond acceptors (Lipinski definition) is 4. The second-order valence-electron chi connectivity index (χ2n) is 5.15. The maximum Gasteiger partial charge on any atom is 0.224 e. The summed E-state index contributed by atoms with van der Waals surface area (Å²) in [6.45, 7) is 2.03. The van der Waals surface area contributed by atoms with Crippen LogP contribution in [-0.4, -0.2) is 20.7 Å². The summed E-state index contributed by atoms with van der Waals surface area (Å²) < 4.78 is 0. The molecule has 1 aromatic heterocycles. The van der Waals surface area contributed by atoms with E-state index < -0.39 is 5.60 Å². The molecule has 5 heteroatoms. The first-order valence-electron chi connectivity index (χ1n) is 6.74. The van der Waals surface area contributed by atoms with Gasteiger partial charge in [-0.1, -0.05) is 31.9 Å². The summed E-state index contributed by atoms with van der Waals surface area (Å²) in [6.07, 6.45) is 10.4. The van der Waals surface area contributed by atoms with Crippen LogP contribution in [0.15, 0.2) is 12.3 Å². The fourth-order valence-corrected chi connectivity index (χ4v) is 2.83. The van der Waals surface area contributed by atoms with E-state index in [9.17, 15) is 5.11 Å². The molecule has 0 aromatic carbocycles. The Bertz CT molecular complexity index is 478. The van der Waals surface area contributed by atoms with Crippen molar-refractivity contribution in [2.45, 2.75) is 44.6 Å². The van der Waals surface area contributed by atoms with Crippen molar-refractivity contribution >= 4 is 23.5 Å². The molecule has 1 fully saturated rings. The Labute approximate surface area is 118 Å². The first-order chi connectivity index (χ1) is 9.05. The smallest absolute Gasteiger partial charge is 0.224 e. The molecular weight excluding hydrogens is 262 g/mol. The molecule has 1 aliphatic carbocycles. The van der Waals surface area contributed by atoms with E-state index in [1.54, 1.807) is 6.20 Å². The van der Waals surface area contributed by atoms with Crippen LogP contribution in [0.2, 0.25) is 5.28 Å². The lowest BCUT2D eigenvalue weighted by Gasteiger charge is -2.38. The van der Waals surface area contributed by atoms with Gasteiger partial charge in [-0.3, -0.25) is 0 Å². The molecule has 0 spiro atoms.